The van der Waals surface area contributed by atoms with Crippen LogP contribution in [0.5, 0.6) is 0 Å². The van der Waals surface area contributed by atoms with Gasteiger partial charge in [0, 0.05) is 17.0 Å². The molecule has 1 aromatic rings. The van der Waals surface area contributed by atoms with E-state index in [0.717, 1.165) is 16.9 Å². The first-order valence-corrected chi connectivity index (χ1v) is 5.88. The topological polar surface area (TPSA) is 52.6 Å². The molecular weight excluding hydrogens is 232 g/mol. The summed E-state index contributed by atoms with van der Waals surface area (Å²) in [6.45, 7) is 2.21. The third kappa shape index (κ3) is 1.01. The van der Waals surface area contributed by atoms with Gasteiger partial charge in [-0.3, -0.25) is 9.59 Å². The summed E-state index contributed by atoms with van der Waals surface area (Å²) in [6, 6.07) is 0. The van der Waals surface area contributed by atoms with Crippen molar-refractivity contribution >= 4 is 0 Å². The van der Waals surface area contributed by atoms with Crippen molar-refractivity contribution in [3.63, 3.8) is 0 Å². The first kappa shape index (κ1) is 9.88. The predicted octanol–water partition coefficient (Wildman–Crippen LogP) is 1.02. The Balaban J connectivity index is 1.95. The highest BCUT2D eigenvalue weighted by Crippen LogP contribution is 2.42. The molecule has 1 unspecified atom stereocenters. The Labute approximate surface area is 103 Å². The fraction of sp³-hybridized carbons (Fsp3) is 0.286. The van der Waals surface area contributed by atoms with E-state index in [9.17, 15) is 9.59 Å². The predicted molar refractivity (Wildman–Crippen MR) is 63.7 cm³/mol. The molecular formula is C14H10O4. The van der Waals surface area contributed by atoms with E-state index < -0.39 is 0 Å². The van der Waals surface area contributed by atoms with E-state index in [1.165, 1.54) is 0 Å². The van der Waals surface area contributed by atoms with E-state index in [1.807, 2.05) is 19.1 Å². The molecule has 2 aliphatic carbocycles. The standard InChI is InChI=1S/C14H10O4/c1-6-2-9-12(14(16)13(9)15)8-4-11-10(3-7(6)8)17-5-18-11/h3-4,8H,2,5H2,1H3. The van der Waals surface area contributed by atoms with Gasteiger partial charge in [0.15, 0.2) is 11.5 Å². The van der Waals surface area contributed by atoms with Crippen LogP contribution >= 0.6 is 0 Å². The van der Waals surface area contributed by atoms with Crippen LogP contribution in [0.2, 0.25) is 0 Å². The Morgan fingerprint density at radius 2 is 1.94 bits per heavy atom. The van der Waals surface area contributed by atoms with Crippen molar-refractivity contribution in [3.8, 4) is 0 Å². The Kier molecular flexibility index (Phi) is 1.66. The largest absolute Gasteiger partial charge is 0.454 e. The van der Waals surface area contributed by atoms with Crippen molar-refractivity contribution in [3.05, 3.63) is 66.4 Å². The van der Waals surface area contributed by atoms with Crippen LogP contribution in [0, 0.1) is 0 Å². The van der Waals surface area contributed by atoms with E-state index in [1.54, 1.807) is 0 Å². The Bertz CT molecular complexity index is 738. The molecule has 1 aliphatic heterocycles. The average molecular weight is 242 g/mol. The van der Waals surface area contributed by atoms with Crippen LogP contribution in [0.1, 0.15) is 24.0 Å². The van der Waals surface area contributed by atoms with Crippen molar-refractivity contribution in [1.29, 1.82) is 0 Å². The minimum Gasteiger partial charge on any atom is -0.454 e. The smallest absolute Gasteiger partial charge is 0.231 e. The van der Waals surface area contributed by atoms with Crippen LogP contribution in [0.15, 0.2) is 44.4 Å². The van der Waals surface area contributed by atoms with Crippen LogP contribution < -0.4 is 10.9 Å². The van der Waals surface area contributed by atoms with Gasteiger partial charge in [-0.1, -0.05) is 5.57 Å². The maximum atomic E-state index is 11.7. The minimum absolute atomic E-state index is 0.126. The molecule has 4 heteroatoms. The number of rotatable bonds is 0. The lowest BCUT2D eigenvalue weighted by Gasteiger charge is -2.29. The second kappa shape index (κ2) is 3.02. The van der Waals surface area contributed by atoms with Crippen LogP contribution in [-0.4, -0.2) is 6.79 Å². The normalized spacial score (nSPS) is 24.6. The van der Waals surface area contributed by atoms with Gasteiger partial charge in [-0.2, -0.15) is 0 Å². The first-order chi connectivity index (χ1) is 8.66. The van der Waals surface area contributed by atoms with Crippen molar-refractivity contribution in [2.45, 2.75) is 19.3 Å². The van der Waals surface area contributed by atoms with Gasteiger partial charge >= 0.3 is 0 Å². The molecule has 1 saturated heterocycles. The maximum Gasteiger partial charge on any atom is 0.231 e. The number of allylic oxidation sites excluding steroid dienone is 4. The highest BCUT2D eigenvalue weighted by atomic mass is 16.7. The molecule has 18 heavy (non-hydrogen) atoms. The summed E-state index contributed by atoms with van der Waals surface area (Å²) in [5, 5.41) is 0. The lowest BCUT2D eigenvalue weighted by Crippen LogP contribution is -2.43. The zero-order valence-electron chi connectivity index (χ0n) is 9.78. The summed E-state index contributed by atoms with van der Waals surface area (Å²) >= 11 is 0. The quantitative estimate of drug-likeness (QED) is 0.637. The molecule has 4 rings (SSSR count). The number of ether oxygens (including phenoxy) is 2. The van der Waals surface area contributed by atoms with E-state index >= 15 is 0 Å². The van der Waals surface area contributed by atoms with Crippen molar-refractivity contribution < 1.29 is 9.47 Å². The maximum absolute atomic E-state index is 11.7. The molecule has 4 nitrogen and oxygen atoms in total. The summed E-state index contributed by atoms with van der Waals surface area (Å²) < 4.78 is 10.7. The van der Waals surface area contributed by atoms with E-state index in [2.05, 4.69) is 0 Å². The third-order valence-electron chi connectivity index (χ3n) is 3.91. The fourth-order valence-corrected chi connectivity index (χ4v) is 2.97. The van der Waals surface area contributed by atoms with Gasteiger partial charge in [0.05, 0.1) is 0 Å². The molecule has 0 amide bonds. The van der Waals surface area contributed by atoms with Gasteiger partial charge in [0.1, 0.15) is 0 Å². The lowest BCUT2D eigenvalue weighted by molar-refractivity contribution is 0.0978. The molecule has 90 valence electrons. The van der Waals surface area contributed by atoms with Crippen LogP contribution in [0.3, 0.4) is 0 Å². The number of fused-ring (bicyclic) bond motifs is 4. The van der Waals surface area contributed by atoms with Crippen molar-refractivity contribution in [2.75, 3.05) is 6.79 Å². The van der Waals surface area contributed by atoms with Crippen molar-refractivity contribution in [2.24, 2.45) is 0 Å². The first-order valence-electron chi connectivity index (χ1n) is 5.88. The van der Waals surface area contributed by atoms with Gasteiger partial charge in [0.25, 0.3) is 0 Å². The fourth-order valence-electron chi connectivity index (χ4n) is 2.97. The average Bonchev–Trinajstić information content (AvgIpc) is 2.83. The second-order valence-corrected chi connectivity index (χ2v) is 4.89. The highest BCUT2D eigenvalue weighted by Gasteiger charge is 2.37. The van der Waals surface area contributed by atoms with Crippen LogP contribution in [-0.2, 0) is 15.9 Å². The molecule has 0 saturated carbocycles. The van der Waals surface area contributed by atoms with Gasteiger partial charge in [0.2, 0.25) is 17.7 Å². The van der Waals surface area contributed by atoms with Gasteiger partial charge in [-0.15, -0.1) is 0 Å². The summed E-state index contributed by atoms with van der Waals surface area (Å²) in [5.41, 5.74) is 2.86. The molecule has 3 aliphatic rings. The Hall–Kier alpha value is -2.10. The monoisotopic (exact) mass is 242 g/mol. The van der Waals surface area contributed by atoms with Gasteiger partial charge in [-0.25, -0.2) is 0 Å². The molecule has 1 aromatic carbocycles. The molecule has 1 fully saturated rings. The zero-order valence-corrected chi connectivity index (χ0v) is 9.78. The SMILES string of the molecule is CC1=C2C=C3OCOC3=CC2c2c(c(=O)c2=O)C1. The molecule has 0 aromatic heterocycles. The highest BCUT2D eigenvalue weighted by molar-refractivity contribution is 5.57. The summed E-state index contributed by atoms with van der Waals surface area (Å²) in [6.07, 6.45) is 4.40. The Morgan fingerprint density at radius 1 is 1.17 bits per heavy atom. The Morgan fingerprint density at radius 3 is 2.78 bits per heavy atom. The third-order valence-corrected chi connectivity index (χ3v) is 3.91. The van der Waals surface area contributed by atoms with Gasteiger partial charge < -0.3 is 9.47 Å². The molecule has 0 bridgehead atoms. The molecule has 1 atom stereocenters. The minimum atomic E-state index is -0.340. The summed E-state index contributed by atoms with van der Waals surface area (Å²) in [5.74, 6) is 1.28. The summed E-state index contributed by atoms with van der Waals surface area (Å²) in [4.78, 5) is 23.2. The lowest BCUT2D eigenvalue weighted by atomic mass is 9.73. The van der Waals surface area contributed by atoms with Gasteiger partial charge in [-0.05, 0) is 31.1 Å². The zero-order chi connectivity index (χ0) is 12.4. The number of hydrogen-bond acceptors (Lipinski definition) is 4. The molecule has 0 radical (unpaired) electrons. The molecule has 0 spiro atoms. The van der Waals surface area contributed by atoms with Crippen LogP contribution in [0.25, 0.3) is 0 Å². The molecule has 0 N–H and O–H groups in total. The second-order valence-electron chi connectivity index (χ2n) is 4.89. The summed E-state index contributed by atoms with van der Waals surface area (Å²) in [7, 11) is 0. The van der Waals surface area contributed by atoms with E-state index in [0.29, 0.717) is 23.3 Å². The van der Waals surface area contributed by atoms with Crippen LogP contribution in [0.4, 0.5) is 0 Å². The van der Waals surface area contributed by atoms with E-state index in [-0.39, 0.29) is 23.6 Å². The van der Waals surface area contributed by atoms with Crippen molar-refractivity contribution in [1.82, 2.24) is 0 Å². The number of hydrogen-bond donors (Lipinski definition) is 0. The molecule has 1 heterocycles. The van der Waals surface area contributed by atoms with E-state index in [4.69, 9.17) is 9.47 Å².